The van der Waals surface area contributed by atoms with Gasteiger partial charge in [-0.15, -0.1) is 0 Å². The minimum absolute atomic E-state index is 0.0551. The first kappa shape index (κ1) is 28.0. The summed E-state index contributed by atoms with van der Waals surface area (Å²) in [5.74, 6) is 0.118. The van der Waals surface area contributed by atoms with Crippen molar-refractivity contribution in [3.63, 3.8) is 0 Å². The number of nitrogens with zero attached hydrogens (tertiary/aromatic N) is 1. The minimum atomic E-state index is -0.797. The average Bonchev–Trinajstić information content (AvgIpc) is 3.16. The Kier molecular flexibility index (Phi) is 7.86. The van der Waals surface area contributed by atoms with Crippen LogP contribution < -0.4 is 14.4 Å². The Morgan fingerprint density at radius 1 is 1.00 bits per heavy atom. The number of benzene rings is 3. The molecule has 1 atom stereocenters. The molecule has 204 valence electrons. The molecule has 1 aliphatic heterocycles. The zero-order valence-electron chi connectivity index (χ0n) is 23.7. The van der Waals surface area contributed by atoms with Crippen LogP contribution in [0.15, 0.2) is 72.3 Å². The maximum Gasteiger partial charge on any atom is 0.300 e. The molecule has 3 aromatic carbocycles. The van der Waals surface area contributed by atoms with Gasteiger partial charge in [0.1, 0.15) is 17.3 Å². The second-order valence-corrected chi connectivity index (χ2v) is 11.4. The zero-order chi connectivity index (χ0) is 28.5. The molecule has 1 heterocycles. The fourth-order valence-corrected chi connectivity index (χ4v) is 4.85. The Hall–Kier alpha value is -4.06. The summed E-state index contributed by atoms with van der Waals surface area (Å²) in [5, 5.41) is 11.6. The molecule has 0 aliphatic carbocycles. The largest absolute Gasteiger partial charge is 0.507 e. The Morgan fingerprint density at radius 3 is 2.26 bits per heavy atom. The molecule has 6 nitrogen and oxygen atoms in total. The molecule has 1 aliphatic rings. The average molecular weight is 528 g/mol. The highest BCUT2D eigenvalue weighted by molar-refractivity contribution is 6.51. The van der Waals surface area contributed by atoms with Crippen LogP contribution in [0.2, 0.25) is 0 Å². The van der Waals surface area contributed by atoms with Crippen molar-refractivity contribution in [2.75, 3.05) is 18.6 Å². The van der Waals surface area contributed by atoms with Crippen molar-refractivity contribution in [3.05, 3.63) is 94.6 Å². The number of anilines is 1. The summed E-state index contributed by atoms with van der Waals surface area (Å²) in [4.78, 5) is 28.6. The van der Waals surface area contributed by atoms with Gasteiger partial charge in [-0.2, -0.15) is 0 Å². The van der Waals surface area contributed by atoms with Gasteiger partial charge < -0.3 is 14.6 Å². The van der Waals surface area contributed by atoms with E-state index in [4.69, 9.17) is 9.47 Å². The lowest BCUT2D eigenvalue weighted by atomic mass is 9.84. The first-order chi connectivity index (χ1) is 18.4. The van der Waals surface area contributed by atoms with Crippen molar-refractivity contribution in [2.24, 2.45) is 5.92 Å². The van der Waals surface area contributed by atoms with Crippen molar-refractivity contribution in [1.82, 2.24) is 0 Å². The Bertz CT molecular complexity index is 1410. The van der Waals surface area contributed by atoms with Crippen LogP contribution in [0, 0.1) is 12.8 Å². The van der Waals surface area contributed by atoms with E-state index in [9.17, 15) is 14.7 Å². The van der Waals surface area contributed by atoms with E-state index in [1.165, 1.54) is 4.90 Å². The third-order valence-electron chi connectivity index (χ3n) is 6.91. The van der Waals surface area contributed by atoms with E-state index in [2.05, 4.69) is 34.6 Å². The van der Waals surface area contributed by atoms with E-state index in [-0.39, 0.29) is 16.7 Å². The first-order valence-corrected chi connectivity index (χ1v) is 13.2. The van der Waals surface area contributed by atoms with Crippen LogP contribution in [-0.4, -0.2) is 30.5 Å². The molecule has 0 bridgehead atoms. The number of Topliss-reactive ketones (excluding diaryl/α,β-unsaturated/α-hetero) is 1. The van der Waals surface area contributed by atoms with Gasteiger partial charge in [-0.1, -0.05) is 58.9 Å². The molecule has 0 spiro atoms. The van der Waals surface area contributed by atoms with Crippen LogP contribution in [0.1, 0.15) is 62.9 Å². The fraction of sp³-hybridized carbons (Fsp3) is 0.333. The first-order valence-electron chi connectivity index (χ1n) is 13.2. The lowest BCUT2D eigenvalue weighted by Crippen LogP contribution is -2.29. The number of aliphatic hydroxyl groups excluding tert-OH is 1. The topological polar surface area (TPSA) is 76.1 Å². The third-order valence-corrected chi connectivity index (χ3v) is 6.91. The van der Waals surface area contributed by atoms with E-state index in [0.717, 1.165) is 16.7 Å². The molecular weight excluding hydrogens is 490 g/mol. The molecule has 0 saturated carbocycles. The van der Waals surface area contributed by atoms with E-state index < -0.39 is 17.7 Å². The second-order valence-electron chi connectivity index (χ2n) is 11.4. The fourth-order valence-electron chi connectivity index (χ4n) is 4.85. The Labute approximate surface area is 230 Å². The number of hydrogen-bond donors (Lipinski definition) is 1. The molecule has 6 heteroatoms. The molecule has 1 fully saturated rings. The predicted molar refractivity (Wildman–Crippen MR) is 154 cm³/mol. The Balaban J connectivity index is 1.88. The number of ketones is 1. The number of hydrogen-bond acceptors (Lipinski definition) is 5. The lowest BCUT2D eigenvalue weighted by Gasteiger charge is -2.27. The molecule has 1 amide bonds. The number of carbonyl (C=O) groups excluding carboxylic acids is 2. The van der Waals surface area contributed by atoms with Gasteiger partial charge in [0.2, 0.25) is 0 Å². The number of aliphatic hydroxyl groups is 1. The second kappa shape index (κ2) is 11.0. The number of amides is 1. The van der Waals surface area contributed by atoms with Crippen molar-refractivity contribution in [1.29, 1.82) is 0 Å². The van der Waals surface area contributed by atoms with Crippen LogP contribution >= 0.6 is 0 Å². The monoisotopic (exact) mass is 527 g/mol. The summed E-state index contributed by atoms with van der Waals surface area (Å²) in [6, 6.07) is 19.3. The summed E-state index contributed by atoms with van der Waals surface area (Å²) in [7, 11) is 1.60. The molecular formula is C33H37NO5. The number of methoxy groups -OCH3 is 1. The zero-order valence-corrected chi connectivity index (χ0v) is 23.7. The van der Waals surface area contributed by atoms with E-state index in [1.54, 1.807) is 43.5 Å². The van der Waals surface area contributed by atoms with Gasteiger partial charge in [0, 0.05) is 16.8 Å². The summed E-state index contributed by atoms with van der Waals surface area (Å²) in [6.45, 7) is 12.8. The van der Waals surface area contributed by atoms with Gasteiger partial charge in [0.05, 0.1) is 25.3 Å². The number of carbonyl (C=O) groups is 2. The van der Waals surface area contributed by atoms with Crippen molar-refractivity contribution >= 4 is 23.1 Å². The quantitative estimate of drug-likeness (QED) is 0.204. The maximum atomic E-state index is 13.6. The third kappa shape index (κ3) is 5.56. The van der Waals surface area contributed by atoms with Crippen molar-refractivity contribution in [3.8, 4) is 11.5 Å². The van der Waals surface area contributed by atoms with Crippen LogP contribution in [0.4, 0.5) is 5.69 Å². The molecule has 4 rings (SSSR count). The van der Waals surface area contributed by atoms with E-state index in [0.29, 0.717) is 35.3 Å². The van der Waals surface area contributed by atoms with Gasteiger partial charge >= 0.3 is 0 Å². The highest BCUT2D eigenvalue weighted by Gasteiger charge is 2.47. The maximum absolute atomic E-state index is 13.6. The van der Waals surface area contributed by atoms with Crippen LogP contribution in [0.3, 0.4) is 0 Å². The van der Waals surface area contributed by atoms with Crippen molar-refractivity contribution in [2.45, 2.75) is 53.0 Å². The van der Waals surface area contributed by atoms with Crippen LogP contribution in [-0.2, 0) is 15.0 Å². The normalized spacial score (nSPS) is 17.1. The number of rotatable bonds is 7. The van der Waals surface area contributed by atoms with E-state index in [1.807, 2.05) is 37.3 Å². The predicted octanol–water partition coefficient (Wildman–Crippen LogP) is 6.96. The standard InChI is InChI=1S/C33H37NO5/c1-20(2)19-39-24-15-13-23(14-16-24)34-29(25-11-9-8-10-21(25)3)28(31(36)32(34)37)30(35)22-12-17-27(38-7)26(18-22)33(4,5)6/h8-18,20,29,35H,19H2,1-7H3/b30-28+. The lowest BCUT2D eigenvalue weighted by molar-refractivity contribution is -0.132. The van der Waals surface area contributed by atoms with Gasteiger partial charge in [-0.25, -0.2) is 0 Å². The van der Waals surface area contributed by atoms with Crippen LogP contribution in [0.25, 0.3) is 5.76 Å². The van der Waals surface area contributed by atoms with Gasteiger partial charge in [0.15, 0.2) is 0 Å². The highest BCUT2D eigenvalue weighted by Crippen LogP contribution is 2.44. The van der Waals surface area contributed by atoms with Crippen LogP contribution in [0.5, 0.6) is 11.5 Å². The highest BCUT2D eigenvalue weighted by atomic mass is 16.5. The van der Waals surface area contributed by atoms with Gasteiger partial charge in [-0.05, 0) is 71.8 Å². The molecule has 0 aromatic heterocycles. The molecule has 1 N–H and O–H groups in total. The molecule has 0 radical (unpaired) electrons. The minimum Gasteiger partial charge on any atom is -0.507 e. The summed E-state index contributed by atoms with van der Waals surface area (Å²) in [6.07, 6.45) is 0. The molecule has 3 aromatic rings. The van der Waals surface area contributed by atoms with Crippen molar-refractivity contribution < 1.29 is 24.2 Å². The summed E-state index contributed by atoms with van der Waals surface area (Å²) in [5.41, 5.74) is 3.33. The molecule has 1 unspecified atom stereocenters. The molecule has 39 heavy (non-hydrogen) atoms. The van der Waals surface area contributed by atoms with E-state index >= 15 is 0 Å². The number of aryl methyl sites for hydroxylation is 1. The smallest absolute Gasteiger partial charge is 0.300 e. The summed E-state index contributed by atoms with van der Waals surface area (Å²) >= 11 is 0. The Morgan fingerprint density at radius 2 is 1.67 bits per heavy atom. The molecule has 1 saturated heterocycles. The SMILES string of the molecule is COc1ccc(/C(O)=C2\C(=O)C(=O)N(c3ccc(OCC(C)C)cc3)C2c2ccccc2C)cc1C(C)(C)C. The number of ether oxygens (including phenoxy) is 2. The van der Waals surface area contributed by atoms with Gasteiger partial charge in [-0.3, -0.25) is 14.5 Å². The van der Waals surface area contributed by atoms with Gasteiger partial charge in [0.25, 0.3) is 11.7 Å². The summed E-state index contributed by atoms with van der Waals surface area (Å²) < 4.78 is 11.4.